The van der Waals surface area contributed by atoms with E-state index in [4.69, 9.17) is 16.3 Å². The molecular weight excluding hydrogens is 471 g/mol. The summed E-state index contributed by atoms with van der Waals surface area (Å²) >= 11 is 6.48. The number of carbonyl (C=O) groups excluding carboxylic acids is 1. The zero-order chi connectivity index (χ0) is 24.0. The van der Waals surface area contributed by atoms with Gasteiger partial charge in [-0.2, -0.15) is 0 Å². The van der Waals surface area contributed by atoms with Gasteiger partial charge in [-0.05, 0) is 74.5 Å². The molecule has 3 aromatic rings. The number of aromatic nitrogens is 1. The average molecular weight is 501 g/mol. The first kappa shape index (κ1) is 27.7. The Morgan fingerprint density at radius 1 is 1.20 bits per heavy atom. The molecule has 2 heterocycles. The number of carbonyl (C=O) groups is 1. The first-order valence-corrected chi connectivity index (χ1v) is 12.1. The summed E-state index contributed by atoms with van der Waals surface area (Å²) in [5.41, 5.74) is 2.23. The number of nitrogens with zero attached hydrogens (tertiary/aromatic N) is 2. The Morgan fingerprint density at radius 2 is 1.94 bits per heavy atom. The number of likely N-dealkylation sites (tertiary alicyclic amines) is 1. The second-order valence-electron chi connectivity index (χ2n) is 9.00. The third-order valence-electron chi connectivity index (χ3n) is 6.94. The molecule has 0 bridgehead atoms. The number of hydrogen-bond acceptors (Lipinski definition) is 5. The van der Waals surface area contributed by atoms with Gasteiger partial charge in [-0.25, -0.2) is 0 Å². The van der Waals surface area contributed by atoms with Crippen LogP contribution >= 0.6 is 11.6 Å². The molecule has 0 atom stereocenters. The van der Waals surface area contributed by atoms with Gasteiger partial charge in [0.2, 0.25) is 0 Å². The van der Waals surface area contributed by atoms with Crippen LogP contribution in [0, 0.1) is 5.41 Å². The molecule has 1 aliphatic heterocycles. The van der Waals surface area contributed by atoms with Crippen LogP contribution < -0.4 is 39.4 Å². The van der Waals surface area contributed by atoms with Gasteiger partial charge < -0.3 is 14.6 Å². The van der Waals surface area contributed by atoms with E-state index >= 15 is 0 Å². The zero-order valence-corrected chi connectivity index (χ0v) is 23.3. The fourth-order valence-corrected chi connectivity index (χ4v) is 5.05. The van der Waals surface area contributed by atoms with Gasteiger partial charge in [0.15, 0.2) is 0 Å². The van der Waals surface area contributed by atoms with E-state index in [1.54, 1.807) is 13.3 Å². The fraction of sp³-hybridized carbons (Fsp3) is 0.357. The molecule has 178 valence electrons. The summed E-state index contributed by atoms with van der Waals surface area (Å²) in [5, 5.41) is 13.7. The minimum absolute atomic E-state index is 0. The summed E-state index contributed by atoms with van der Waals surface area (Å²) in [7, 11) is 1.63. The number of ether oxygens (including phenoxy) is 1. The number of halogens is 1. The van der Waals surface area contributed by atoms with Crippen LogP contribution in [0.4, 0.5) is 0 Å². The predicted octanol–water partition coefficient (Wildman–Crippen LogP) is 1.77. The predicted molar refractivity (Wildman–Crippen MR) is 135 cm³/mol. The minimum atomic E-state index is -0.931. The number of carboxylic acids is 1. The van der Waals surface area contributed by atoms with Crippen LogP contribution in [0.3, 0.4) is 0 Å². The van der Waals surface area contributed by atoms with Crippen molar-refractivity contribution < 1.29 is 44.2 Å². The normalized spacial score (nSPS) is 15.7. The van der Waals surface area contributed by atoms with E-state index in [0.29, 0.717) is 30.7 Å². The Labute approximate surface area is 234 Å². The van der Waals surface area contributed by atoms with Crippen LogP contribution in [0.25, 0.3) is 17.0 Å². The maximum Gasteiger partial charge on any atom is 1.00 e. The van der Waals surface area contributed by atoms with Gasteiger partial charge in [0.1, 0.15) is 5.75 Å². The molecule has 0 radical (unpaired) electrons. The topological polar surface area (TPSA) is 65.5 Å². The number of piperidine rings is 1. The van der Waals surface area contributed by atoms with Crippen molar-refractivity contribution in [2.24, 2.45) is 5.41 Å². The van der Waals surface area contributed by atoms with Crippen LogP contribution in [0.5, 0.6) is 5.75 Å². The Bertz CT molecular complexity index is 1160. The number of fused-ring (bicyclic) bond motifs is 1. The molecule has 1 aliphatic rings. The molecule has 35 heavy (non-hydrogen) atoms. The molecule has 0 amide bonds. The van der Waals surface area contributed by atoms with Crippen LogP contribution in [0.2, 0.25) is 5.02 Å². The summed E-state index contributed by atoms with van der Waals surface area (Å²) in [4.78, 5) is 18.9. The summed E-state index contributed by atoms with van der Waals surface area (Å²) in [6.07, 6.45) is 9.11. The molecule has 1 saturated heterocycles. The maximum atomic E-state index is 12.2. The van der Waals surface area contributed by atoms with Gasteiger partial charge in [0.05, 0.1) is 17.6 Å². The first-order chi connectivity index (χ1) is 16.5. The Hall–Kier alpha value is -1.89. The van der Waals surface area contributed by atoms with Crippen molar-refractivity contribution >= 4 is 34.5 Å². The molecule has 0 N–H and O–H groups in total. The summed E-state index contributed by atoms with van der Waals surface area (Å²) in [6.45, 7) is 2.32. The van der Waals surface area contributed by atoms with Crippen LogP contribution in [0.1, 0.15) is 36.8 Å². The second kappa shape index (κ2) is 12.9. The van der Waals surface area contributed by atoms with E-state index in [1.165, 1.54) is 5.56 Å². The van der Waals surface area contributed by atoms with E-state index < -0.39 is 11.4 Å². The van der Waals surface area contributed by atoms with Gasteiger partial charge in [0.25, 0.3) is 0 Å². The van der Waals surface area contributed by atoms with Gasteiger partial charge in [-0.15, -0.1) is 0 Å². The number of hydrogen-bond donors (Lipinski definition) is 0. The Kier molecular flexibility index (Phi) is 10.2. The quantitative estimate of drug-likeness (QED) is 0.419. The molecule has 1 aromatic heterocycles. The van der Waals surface area contributed by atoms with Crippen LogP contribution in [-0.4, -0.2) is 42.6 Å². The third kappa shape index (κ3) is 6.87. The fourth-order valence-electron chi connectivity index (χ4n) is 4.81. The van der Waals surface area contributed by atoms with Crippen molar-refractivity contribution in [3.05, 3.63) is 77.0 Å². The number of benzene rings is 2. The number of aliphatic carboxylic acids is 1. The summed E-state index contributed by atoms with van der Waals surface area (Å²) in [6, 6.07) is 15.9. The Morgan fingerprint density at radius 3 is 2.63 bits per heavy atom. The van der Waals surface area contributed by atoms with E-state index in [0.717, 1.165) is 48.3 Å². The van der Waals surface area contributed by atoms with Crippen molar-refractivity contribution in [2.45, 2.75) is 32.1 Å². The van der Waals surface area contributed by atoms with E-state index in [1.807, 2.05) is 36.4 Å². The molecule has 0 spiro atoms. The second-order valence-corrected chi connectivity index (χ2v) is 9.41. The van der Waals surface area contributed by atoms with E-state index in [2.05, 4.69) is 34.2 Å². The smallest absolute Gasteiger partial charge is 0.550 e. The largest absolute Gasteiger partial charge is 1.00 e. The van der Waals surface area contributed by atoms with Crippen molar-refractivity contribution in [1.82, 2.24) is 9.88 Å². The average Bonchev–Trinajstić information content (AvgIpc) is 2.86. The van der Waals surface area contributed by atoms with Crippen molar-refractivity contribution in [2.75, 3.05) is 26.7 Å². The molecule has 5 nitrogen and oxygen atoms in total. The van der Waals surface area contributed by atoms with Crippen molar-refractivity contribution in [3.63, 3.8) is 0 Å². The standard InChI is InChI=1S/C28H31ClN2O3.Na/c1-34-22-11-12-26-24(19-22)23(25(29)20-30-26)10-5-13-28(27(32)33)14-17-31(18-15-28)16-6-9-21-7-3-2-4-8-21;/h2-4,6-9,11-12,19-20H,5,10,13-18H2,1H3,(H,32,33);/q;+1/p-1. The van der Waals surface area contributed by atoms with Crippen LogP contribution in [-0.2, 0) is 11.2 Å². The number of methoxy groups -OCH3 is 1. The molecule has 7 heteroatoms. The molecule has 0 unspecified atom stereocenters. The summed E-state index contributed by atoms with van der Waals surface area (Å²) < 4.78 is 5.36. The summed E-state index contributed by atoms with van der Waals surface area (Å²) in [5.74, 6) is -0.183. The first-order valence-electron chi connectivity index (χ1n) is 11.8. The monoisotopic (exact) mass is 500 g/mol. The third-order valence-corrected chi connectivity index (χ3v) is 7.26. The van der Waals surface area contributed by atoms with E-state index in [-0.39, 0.29) is 29.6 Å². The van der Waals surface area contributed by atoms with E-state index in [9.17, 15) is 9.90 Å². The number of pyridine rings is 1. The number of aryl methyl sites for hydroxylation is 1. The Balaban J connectivity index is 0.00000342. The SMILES string of the molecule is COc1ccc2ncc(Cl)c(CCCC3(C(=O)[O-])CCN(CC=Cc4ccccc4)CC3)c2c1.[Na+]. The molecule has 2 aromatic carbocycles. The molecule has 4 rings (SSSR count). The number of carboxylic acid groups (broad SMARTS) is 1. The van der Waals surface area contributed by atoms with Crippen molar-refractivity contribution in [1.29, 1.82) is 0 Å². The molecule has 1 fully saturated rings. The van der Waals surface area contributed by atoms with Crippen LogP contribution in [0.15, 0.2) is 60.8 Å². The van der Waals surface area contributed by atoms with Gasteiger partial charge >= 0.3 is 29.6 Å². The molecule has 0 aliphatic carbocycles. The zero-order valence-electron chi connectivity index (χ0n) is 20.5. The van der Waals surface area contributed by atoms with Crippen molar-refractivity contribution in [3.8, 4) is 5.75 Å². The molecular formula is C28H30ClN2NaO3. The maximum absolute atomic E-state index is 12.2. The number of rotatable bonds is 9. The minimum Gasteiger partial charge on any atom is -0.550 e. The van der Waals surface area contributed by atoms with Gasteiger partial charge in [-0.3, -0.25) is 9.88 Å². The van der Waals surface area contributed by atoms with Gasteiger partial charge in [0, 0.05) is 29.5 Å². The van der Waals surface area contributed by atoms with Gasteiger partial charge in [-0.1, -0.05) is 54.1 Å². The molecule has 0 saturated carbocycles.